The van der Waals surface area contributed by atoms with Gasteiger partial charge in [-0.3, -0.25) is 4.79 Å². The minimum absolute atomic E-state index is 0.0347. The number of allylic oxidation sites excluding steroid dienone is 1. The van der Waals surface area contributed by atoms with Crippen LogP contribution in [0.2, 0.25) is 0 Å². The minimum Gasteiger partial charge on any atom is -0.497 e. The molecule has 0 spiro atoms. The van der Waals surface area contributed by atoms with Gasteiger partial charge in [0.25, 0.3) is 0 Å². The number of amides is 1. The summed E-state index contributed by atoms with van der Waals surface area (Å²) in [7, 11) is 1.69. The van der Waals surface area contributed by atoms with Crippen LogP contribution in [0.15, 0.2) is 85.5 Å². The first kappa shape index (κ1) is 21.8. The third kappa shape index (κ3) is 5.05. The monoisotopic (exact) mass is 427 g/mol. The lowest BCUT2D eigenvalue weighted by atomic mass is 9.85. The van der Waals surface area contributed by atoms with Crippen molar-refractivity contribution < 1.29 is 9.53 Å². The molecule has 1 saturated carbocycles. The highest BCUT2D eigenvalue weighted by atomic mass is 16.5. The van der Waals surface area contributed by atoms with Gasteiger partial charge in [-0.2, -0.15) is 0 Å². The van der Waals surface area contributed by atoms with E-state index < -0.39 is 0 Å². The fourth-order valence-corrected chi connectivity index (χ4v) is 4.37. The van der Waals surface area contributed by atoms with E-state index in [0.717, 1.165) is 37.0 Å². The molecule has 1 aliphatic carbocycles. The molecule has 32 heavy (non-hydrogen) atoms. The Morgan fingerprint density at radius 3 is 2.66 bits per heavy atom. The predicted molar refractivity (Wildman–Crippen MR) is 125 cm³/mol. The molecule has 1 aromatic heterocycles. The lowest BCUT2D eigenvalue weighted by Gasteiger charge is -2.19. The minimum atomic E-state index is -0.107. The summed E-state index contributed by atoms with van der Waals surface area (Å²) >= 11 is 0. The number of unbranched alkanes of at least 4 members (excludes halogenated alkanes) is 1. The summed E-state index contributed by atoms with van der Waals surface area (Å²) in [5.74, 6) is 1.10. The molecule has 1 aliphatic rings. The average molecular weight is 428 g/mol. The Hall–Kier alpha value is -3.47. The molecular weight excluding hydrogens is 398 g/mol. The number of methoxy groups -OCH3 is 1. The highest BCUT2D eigenvalue weighted by Gasteiger charge is 2.55. The van der Waals surface area contributed by atoms with Gasteiger partial charge in [0.05, 0.1) is 7.11 Å². The lowest BCUT2D eigenvalue weighted by molar-refractivity contribution is -0.116. The molecule has 0 radical (unpaired) electrons. The molecule has 1 amide bonds. The van der Waals surface area contributed by atoms with E-state index in [-0.39, 0.29) is 17.2 Å². The van der Waals surface area contributed by atoms with Crippen LogP contribution < -0.4 is 10.1 Å². The third-order valence-corrected chi connectivity index (χ3v) is 6.17. The van der Waals surface area contributed by atoms with E-state index in [1.165, 1.54) is 17.5 Å². The largest absolute Gasteiger partial charge is 0.497 e. The number of ether oxygens (including phenoxy) is 1. The number of aryl methyl sites for hydroxylation is 1. The molecule has 1 N–H and O–H groups in total. The molecule has 0 saturated heterocycles. The Morgan fingerprint density at radius 2 is 1.88 bits per heavy atom. The second kappa shape index (κ2) is 10.2. The van der Waals surface area contributed by atoms with E-state index in [2.05, 4.69) is 57.8 Å². The van der Waals surface area contributed by atoms with Crippen molar-refractivity contribution >= 4 is 5.91 Å². The van der Waals surface area contributed by atoms with Crippen LogP contribution in [0.25, 0.3) is 0 Å². The summed E-state index contributed by atoms with van der Waals surface area (Å²) in [6.07, 6.45) is 12.8. The Kier molecular flexibility index (Phi) is 6.95. The number of nitrogens with zero attached hydrogens (tertiary/aromatic N) is 2. The lowest BCUT2D eigenvalue weighted by Crippen LogP contribution is -2.22. The van der Waals surface area contributed by atoms with Crippen molar-refractivity contribution in [3.05, 3.63) is 102 Å². The Labute approximate surface area is 189 Å². The van der Waals surface area contributed by atoms with Gasteiger partial charge in [0, 0.05) is 24.4 Å². The number of rotatable bonds is 10. The first-order chi connectivity index (χ1) is 15.7. The SMILES string of the molecule is COc1cccc([C@@]2(c3ccccc3)C[C@H]2C=CC(=O)NCCCCc2cncnc2)c1. The zero-order chi connectivity index (χ0) is 22.2. The number of nitrogens with one attached hydrogen (secondary N) is 1. The summed E-state index contributed by atoms with van der Waals surface area (Å²) in [6, 6.07) is 18.8. The zero-order valence-corrected chi connectivity index (χ0v) is 18.4. The van der Waals surface area contributed by atoms with Crippen LogP contribution >= 0.6 is 0 Å². The molecule has 0 aliphatic heterocycles. The molecule has 0 unspecified atom stereocenters. The molecule has 4 rings (SSSR count). The second-order valence-electron chi connectivity index (χ2n) is 8.23. The van der Waals surface area contributed by atoms with Crippen molar-refractivity contribution in [2.45, 2.75) is 31.1 Å². The number of hydrogen-bond acceptors (Lipinski definition) is 4. The first-order valence-electron chi connectivity index (χ1n) is 11.1. The molecule has 2 atom stereocenters. The van der Waals surface area contributed by atoms with Crippen LogP contribution in [0.3, 0.4) is 0 Å². The van der Waals surface area contributed by atoms with Crippen LogP contribution in [0.4, 0.5) is 0 Å². The van der Waals surface area contributed by atoms with Crippen molar-refractivity contribution in [2.75, 3.05) is 13.7 Å². The predicted octanol–water partition coefficient (Wildman–Crippen LogP) is 4.49. The Bertz CT molecular complexity index is 1050. The van der Waals surface area contributed by atoms with Crippen molar-refractivity contribution in [1.29, 1.82) is 0 Å². The number of benzene rings is 2. The molecule has 1 heterocycles. The molecule has 5 heteroatoms. The van der Waals surface area contributed by atoms with E-state index in [1.54, 1.807) is 13.2 Å². The molecule has 164 valence electrons. The summed E-state index contributed by atoms with van der Waals surface area (Å²) in [4.78, 5) is 20.4. The quantitative estimate of drug-likeness (QED) is 0.383. The second-order valence-corrected chi connectivity index (χ2v) is 8.23. The summed E-state index contributed by atoms with van der Waals surface area (Å²) in [5, 5.41) is 3.00. The maximum Gasteiger partial charge on any atom is 0.243 e. The van der Waals surface area contributed by atoms with E-state index in [0.29, 0.717) is 6.54 Å². The van der Waals surface area contributed by atoms with Crippen molar-refractivity contribution in [2.24, 2.45) is 5.92 Å². The van der Waals surface area contributed by atoms with Gasteiger partial charge in [0.2, 0.25) is 5.91 Å². The normalized spacial score (nSPS) is 19.6. The maximum absolute atomic E-state index is 12.4. The zero-order valence-electron chi connectivity index (χ0n) is 18.4. The van der Waals surface area contributed by atoms with Crippen molar-refractivity contribution in [3.63, 3.8) is 0 Å². The highest BCUT2D eigenvalue weighted by molar-refractivity contribution is 5.87. The van der Waals surface area contributed by atoms with Crippen LogP contribution in [-0.4, -0.2) is 29.5 Å². The van der Waals surface area contributed by atoms with Gasteiger partial charge in [-0.05, 0) is 66.5 Å². The molecular formula is C27H29N3O2. The number of hydrogen-bond donors (Lipinski definition) is 1. The summed E-state index contributed by atoms with van der Waals surface area (Å²) in [5.41, 5.74) is 3.52. The molecule has 2 aromatic carbocycles. The van der Waals surface area contributed by atoms with Crippen LogP contribution in [0.1, 0.15) is 36.0 Å². The third-order valence-electron chi connectivity index (χ3n) is 6.17. The van der Waals surface area contributed by atoms with Gasteiger partial charge in [0.15, 0.2) is 0 Å². The van der Waals surface area contributed by atoms with Gasteiger partial charge in [-0.25, -0.2) is 9.97 Å². The van der Waals surface area contributed by atoms with Crippen LogP contribution in [0.5, 0.6) is 5.75 Å². The Morgan fingerprint density at radius 1 is 1.09 bits per heavy atom. The number of carbonyl (C=O) groups is 1. The maximum atomic E-state index is 12.4. The van der Waals surface area contributed by atoms with E-state index in [4.69, 9.17) is 4.74 Å². The summed E-state index contributed by atoms with van der Waals surface area (Å²) in [6.45, 7) is 0.668. The van der Waals surface area contributed by atoms with E-state index in [9.17, 15) is 4.79 Å². The topological polar surface area (TPSA) is 64.1 Å². The van der Waals surface area contributed by atoms with Crippen molar-refractivity contribution in [1.82, 2.24) is 15.3 Å². The summed E-state index contributed by atoms with van der Waals surface area (Å²) < 4.78 is 5.45. The molecule has 0 bridgehead atoms. The first-order valence-corrected chi connectivity index (χ1v) is 11.1. The number of carbonyl (C=O) groups excluding carboxylic acids is 1. The van der Waals surface area contributed by atoms with Gasteiger partial charge in [-0.1, -0.05) is 48.5 Å². The van der Waals surface area contributed by atoms with Gasteiger partial charge in [0.1, 0.15) is 12.1 Å². The molecule has 3 aromatic rings. The molecule has 1 fully saturated rings. The van der Waals surface area contributed by atoms with Crippen molar-refractivity contribution in [3.8, 4) is 5.75 Å². The van der Waals surface area contributed by atoms with Gasteiger partial charge in [-0.15, -0.1) is 0 Å². The smallest absolute Gasteiger partial charge is 0.243 e. The van der Waals surface area contributed by atoms with E-state index >= 15 is 0 Å². The molecule has 5 nitrogen and oxygen atoms in total. The average Bonchev–Trinajstić information content (AvgIpc) is 3.59. The standard InChI is InChI=1S/C27H29N3O2/c1-32-25-12-7-11-23(16-25)27(22-9-3-2-4-10-22)17-24(27)13-14-26(31)30-15-6-5-8-21-18-28-20-29-19-21/h2-4,7,9-14,16,18-20,24H,5-6,8,15,17H2,1H3,(H,30,31)/t24-,27+/m1/s1. The van der Waals surface area contributed by atoms with Gasteiger partial charge >= 0.3 is 0 Å². The Balaban J connectivity index is 1.34. The van der Waals surface area contributed by atoms with Crippen LogP contribution in [-0.2, 0) is 16.6 Å². The fourth-order valence-electron chi connectivity index (χ4n) is 4.37. The fraction of sp³-hybridized carbons (Fsp3) is 0.296. The van der Waals surface area contributed by atoms with Gasteiger partial charge < -0.3 is 10.1 Å². The highest BCUT2D eigenvalue weighted by Crippen LogP contribution is 2.59. The number of aromatic nitrogens is 2. The van der Waals surface area contributed by atoms with Crippen LogP contribution in [0, 0.1) is 5.92 Å². The van der Waals surface area contributed by atoms with E-state index in [1.807, 2.05) is 30.6 Å².